The van der Waals surface area contributed by atoms with Gasteiger partial charge in [0.05, 0.1) is 19.0 Å². The minimum Gasteiger partial charge on any atom is -0.222 e. The van der Waals surface area contributed by atoms with E-state index in [9.17, 15) is 0 Å². The first-order valence-electron chi connectivity index (χ1n) is 5.41. The summed E-state index contributed by atoms with van der Waals surface area (Å²) in [7, 11) is 3.73. The van der Waals surface area contributed by atoms with Crippen LogP contribution in [0.2, 0.25) is 0 Å². The van der Waals surface area contributed by atoms with Crippen LogP contribution in [0.3, 0.4) is 0 Å². The van der Waals surface area contributed by atoms with Gasteiger partial charge in [0.2, 0.25) is 7.59 Å². The molecule has 84 valence electrons. The Balaban J connectivity index is 2.71. The van der Waals surface area contributed by atoms with Gasteiger partial charge < -0.3 is 0 Å². The molecule has 1 aromatic rings. The first kappa shape index (κ1) is 13.4. The maximum absolute atomic E-state index is 6.05. The molecule has 0 saturated carbocycles. The molecule has 4 heteroatoms. The molecule has 0 bridgehead atoms. The second-order valence-electron chi connectivity index (χ2n) is 3.21. The smallest absolute Gasteiger partial charge is 0.222 e. The third kappa shape index (κ3) is 4.48. The summed E-state index contributed by atoms with van der Waals surface area (Å²) in [5.74, 6) is 1.84. The van der Waals surface area contributed by atoms with Crippen LogP contribution in [0.5, 0.6) is 0 Å². The van der Waals surface area contributed by atoms with Crippen molar-refractivity contribution in [3.05, 3.63) is 41.7 Å². The zero-order valence-corrected chi connectivity index (χ0v) is 10.7. The molecule has 0 atom stereocenters. The lowest BCUT2D eigenvalue weighted by Gasteiger charge is -2.15. The molecule has 0 aliphatic heterocycles. The third-order valence-electron chi connectivity index (χ3n) is 1.94. The predicted molar refractivity (Wildman–Crippen MR) is 71.4 cm³/mol. The van der Waals surface area contributed by atoms with E-state index in [1.165, 1.54) is 0 Å². The minimum absolute atomic E-state index is 0.559. The molecular formula is C12H17BO2P+. The molecule has 0 amide bonds. The van der Waals surface area contributed by atoms with Gasteiger partial charge >= 0.3 is 7.57 Å². The zero-order chi connectivity index (χ0) is 11.9. The molecule has 0 fully saturated rings. The third-order valence-corrected chi connectivity index (χ3v) is 3.82. The molecule has 0 N–H and O–H groups in total. The van der Waals surface area contributed by atoms with Gasteiger partial charge in [-0.05, 0) is 25.5 Å². The summed E-state index contributed by atoms with van der Waals surface area (Å²) in [5, 5.41) is 0. The molecule has 0 aromatic heterocycles. The van der Waals surface area contributed by atoms with E-state index >= 15 is 0 Å². The molecule has 0 spiro atoms. The maximum Gasteiger partial charge on any atom is 0.450 e. The summed E-state index contributed by atoms with van der Waals surface area (Å²) in [6.45, 7) is 4.95. The van der Waals surface area contributed by atoms with E-state index in [2.05, 4.69) is 0 Å². The van der Waals surface area contributed by atoms with Gasteiger partial charge in [0.1, 0.15) is 0 Å². The van der Waals surface area contributed by atoms with Gasteiger partial charge in [0.15, 0.2) is 0 Å². The monoisotopic (exact) mass is 235 g/mol. The zero-order valence-electron chi connectivity index (χ0n) is 9.80. The lowest BCUT2D eigenvalue weighted by molar-refractivity contribution is 0.270. The summed E-state index contributed by atoms with van der Waals surface area (Å²) in [5.41, 5.74) is 1.09. The van der Waals surface area contributed by atoms with Crippen LogP contribution in [0, 0.1) is 0 Å². The normalized spacial score (nSPS) is 12.1. The molecule has 16 heavy (non-hydrogen) atoms. The Bertz CT molecular complexity index is 321. The van der Waals surface area contributed by atoms with E-state index in [0.717, 1.165) is 5.56 Å². The largest absolute Gasteiger partial charge is 0.450 e. The van der Waals surface area contributed by atoms with E-state index < -0.39 is 7.59 Å². The van der Waals surface area contributed by atoms with E-state index in [1.807, 2.05) is 56.1 Å². The second kappa shape index (κ2) is 6.85. The van der Waals surface area contributed by atoms with Crippen molar-refractivity contribution in [2.24, 2.45) is 0 Å². The number of hydrogen-bond acceptors (Lipinski definition) is 2. The van der Waals surface area contributed by atoms with E-state index in [1.54, 1.807) is 0 Å². The predicted octanol–water partition coefficient (Wildman–Crippen LogP) is 3.66. The Hall–Kier alpha value is -0.625. The lowest BCUT2D eigenvalue weighted by Crippen LogP contribution is -2.00. The van der Waals surface area contributed by atoms with Gasteiger partial charge in [-0.15, -0.1) is 0 Å². The van der Waals surface area contributed by atoms with Crippen molar-refractivity contribution in [1.82, 2.24) is 0 Å². The number of benzene rings is 1. The van der Waals surface area contributed by atoms with Gasteiger partial charge in [-0.3, -0.25) is 0 Å². The van der Waals surface area contributed by atoms with Gasteiger partial charge in [-0.1, -0.05) is 30.3 Å². The summed E-state index contributed by atoms with van der Waals surface area (Å²) in [6, 6.07) is 9.97. The minimum atomic E-state index is -2.32. The van der Waals surface area contributed by atoms with E-state index in [-0.39, 0.29) is 0 Å². The van der Waals surface area contributed by atoms with Crippen LogP contribution in [0.1, 0.15) is 19.4 Å². The SMILES string of the molecule is [B][P+](/C=C/c1ccccc1)(OCC)OCC. The van der Waals surface area contributed by atoms with Crippen molar-refractivity contribution >= 4 is 21.2 Å². The van der Waals surface area contributed by atoms with Crippen LogP contribution in [-0.2, 0) is 9.05 Å². The Morgan fingerprint density at radius 1 is 1.12 bits per heavy atom. The first-order chi connectivity index (χ1) is 7.70. The van der Waals surface area contributed by atoms with Crippen molar-refractivity contribution in [2.45, 2.75) is 13.8 Å². The van der Waals surface area contributed by atoms with Crippen LogP contribution < -0.4 is 0 Å². The molecular weight excluding hydrogens is 218 g/mol. The summed E-state index contributed by atoms with van der Waals surface area (Å²) < 4.78 is 10.9. The summed E-state index contributed by atoms with van der Waals surface area (Å²) >= 11 is 0. The molecule has 0 aliphatic rings. The van der Waals surface area contributed by atoms with Crippen molar-refractivity contribution in [3.8, 4) is 0 Å². The van der Waals surface area contributed by atoms with Crippen molar-refractivity contribution in [1.29, 1.82) is 0 Å². The highest BCUT2D eigenvalue weighted by Gasteiger charge is 2.32. The topological polar surface area (TPSA) is 18.5 Å². The fourth-order valence-corrected chi connectivity index (χ4v) is 2.71. The standard InChI is InChI=1S/C12H17BO2P/c1-3-14-16(13,15-4-2)11-10-12-8-6-5-7-9-12/h5-11H,3-4H2,1-2H3/q+1/b11-10+. The Labute approximate surface area is 99.5 Å². The number of rotatable bonds is 6. The van der Waals surface area contributed by atoms with Gasteiger partial charge in [-0.25, -0.2) is 9.05 Å². The highest BCUT2D eigenvalue weighted by Crippen LogP contribution is 2.58. The van der Waals surface area contributed by atoms with Gasteiger partial charge in [-0.2, -0.15) is 0 Å². The van der Waals surface area contributed by atoms with Crippen molar-refractivity contribution in [3.63, 3.8) is 0 Å². The van der Waals surface area contributed by atoms with Crippen molar-refractivity contribution in [2.75, 3.05) is 13.2 Å². The average molecular weight is 235 g/mol. The summed E-state index contributed by atoms with van der Waals surface area (Å²) in [4.78, 5) is 0. The fourth-order valence-electron chi connectivity index (χ4n) is 1.28. The number of hydrogen-bond donors (Lipinski definition) is 0. The Kier molecular flexibility index (Phi) is 5.75. The molecule has 0 aliphatic carbocycles. The second-order valence-corrected chi connectivity index (χ2v) is 5.31. The van der Waals surface area contributed by atoms with E-state index in [4.69, 9.17) is 16.6 Å². The molecule has 0 saturated heterocycles. The van der Waals surface area contributed by atoms with Gasteiger partial charge in [0, 0.05) is 0 Å². The van der Waals surface area contributed by atoms with Crippen LogP contribution in [0.25, 0.3) is 6.08 Å². The van der Waals surface area contributed by atoms with Crippen LogP contribution in [0.15, 0.2) is 36.1 Å². The first-order valence-corrected chi connectivity index (χ1v) is 7.17. The molecule has 1 rings (SSSR count). The Morgan fingerprint density at radius 2 is 1.69 bits per heavy atom. The van der Waals surface area contributed by atoms with Crippen LogP contribution in [0.4, 0.5) is 0 Å². The highest BCUT2D eigenvalue weighted by atomic mass is 31.2. The van der Waals surface area contributed by atoms with Gasteiger partial charge in [0.25, 0.3) is 0 Å². The fraction of sp³-hybridized carbons (Fsp3) is 0.333. The van der Waals surface area contributed by atoms with Crippen molar-refractivity contribution < 1.29 is 9.05 Å². The highest BCUT2D eigenvalue weighted by molar-refractivity contribution is 7.92. The molecule has 0 unspecified atom stereocenters. The quantitative estimate of drug-likeness (QED) is 0.553. The molecule has 2 nitrogen and oxygen atoms in total. The maximum atomic E-state index is 6.05. The molecule has 2 radical (unpaired) electrons. The summed E-state index contributed by atoms with van der Waals surface area (Å²) in [6.07, 6.45) is 1.94. The van der Waals surface area contributed by atoms with E-state index in [0.29, 0.717) is 13.2 Å². The molecule has 1 aromatic carbocycles. The van der Waals surface area contributed by atoms with Crippen LogP contribution in [-0.4, -0.2) is 20.8 Å². The Morgan fingerprint density at radius 3 is 2.19 bits per heavy atom. The average Bonchev–Trinajstić information content (AvgIpc) is 2.29. The lowest BCUT2D eigenvalue weighted by atomic mass is 10.2. The molecule has 0 heterocycles. The van der Waals surface area contributed by atoms with Crippen LogP contribution >= 0.6 is 7.59 Å².